The van der Waals surface area contributed by atoms with Crippen molar-refractivity contribution < 1.29 is 4.79 Å². The zero-order valence-electron chi connectivity index (χ0n) is 9.49. The Morgan fingerprint density at radius 1 is 1.31 bits per heavy atom. The van der Waals surface area contributed by atoms with Crippen molar-refractivity contribution in [3.8, 4) is 6.19 Å². The van der Waals surface area contributed by atoms with E-state index >= 15 is 0 Å². The Bertz CT molecular complexity index is 431. The van der Waals surface area contributed by atoms with Crippen LogP contribution in [0, 0.1) is 11.5 Å². The van der Waals surface area contributed by atoms with Crippen molar-refractivity contribution in [3.63, 3.8) is 0 Å². The zero-order chi connectivity index (χ0) is 12.3. The van der Waals surface area contributed by atoms with Crippen molar-refractivity contribution in [1.82, 2.24) is 3.12 Å². The molecule has 1 aromatic rings. The van der Waals surface area contributed by atoms with Crippen LogP contribution in [0.2, 0.25) is 19.8 Å². The monoisotopic (exact) mass is 344 g/mol. The van der Waals surface area contributed by atoms with Gasteiger partial charge in [0.05, 0.1) is 0 Å². The molecule has 5 heteroatoms. The van der Waals surface area contributed by atoms with Crippen LogP contribution in [0.15, 0.2) is 24.3 Å². The van der Waals surface area contributed by atoms with E-state index in [4.69, 9.17) is 16.9 Å². The summed E-state index contributed by atoms with van der Waals surface area (Å²) in [5.41, 5.74) is 0.512. The second kappa shape index (κ2) is 5.07. The van der Waals surface area contributed by atoms with E-state index in [1.165, 1.54) is 3.12 Å². The number of rotatable bonds is 2. The third-order valence-electron chi connectivity index (χ3n) is 2.07. The van der Waals surface area contributed by atoms with Gasteiger partial charge < -0.3 is 0 Å². The Labute approximate surface area is 105 Å². The average molecular weight is 343 g/mol. The quantitative estimate of drug-likeness (QED) is 0.470. The number of hydrogen-bond donors (Lipinski definition) is 0. The van der Waals surface area contributed by atoms with Crippen LogP contribution >= 0.6 is 11.6 Å². The SMILES string of the molecule is [CH3][Sn]([CH3])([CH3])[N](C#N)C(=O)c1ccc(Cl)cc1. The molecule has 0 fully saturated rings. The summed E-state index contributed by atoms with van der Waals surface area (Å²) < 4.78 is 1.36. The molecule has 0 N–H and O–H groups in total. The van der Waals surface area contributed by atoms with Crippen molar-refractivity contribution in [3.05, 3.63) is 34.9 Å². The van der Waals surface area contributed by atoms with Crippen LogP contribution in [0.3, 0.4) is 0 Å². The minimum absolute atomic E-state index is 0.220. The van der Waals surface area contributed by atoms with Gasteiger partial charge in [0.1, 0.15) is 0 Å². The maximum absolute atomic E-state index is 12.0. The first-order valence-corrected chi connectivity index (χ1v) is 15.1. The van der Waals surface area contributed by atoms with Gasteiger partial charge in [-0.05, 0) is 0 Å². The fraction of sp³-hybridized carbons (Fsp3) is 0.273. The van der Waals surface area contributed by atoms with Gasteiger partial charge in [-0.15, -0.1) is 0 Å². The summed E-state index contributed by atoms with van der Waals surface area (Å²) >= 11 is 3.05. The van der Waals surface area contributed by atoms with Crippen molar-refractivity contribution in [2.45, 2.75) is 14.8 Å². The summed E-state index contributed by atoms with van der Waals surface area (Å²) in [6.45, 7) is 0. The first-order valence-electron chi connectivity index (χ1n) is 4.86. The molecule has 0 aliphatic rings. The summed E-state index contributed by atoms with van der Waals surface area (Å²) in [6, 6.07) is 6.60. The Balaban J connectivity index is 3.02. The number of halogens is 1. The summed E-state index contributed by atoms with van der Waals surface area (Å²) in [5, 5.41) is 9.61. The van der Waals surface area contributed by atoms with Crippen molar-refractivity contribution >= 4 is 36.2 Å². The Hall–Kier alpha value is -0.731. The fourth-order valence-electron chi connectivity index (χ4n) is 1.22. The van der Waals surface area contributed by atoms with Crippen molar-refractivity contribution in [2.24, 2.45) is 0 Å². The van der Waals surface area contributed by atoms with Crippen LogP contribution in [-0.4, -0.2) is 27.7 Å². The molecule has 1 amide bonds. The summed E-state index contributed by atoms with van der Waals surface area (Å²) in [6.07, 6.45) is 2.00. The summed E-state index contributed by atoms with van der Waals surface area (Å²) in [4.78, 5) is 18.1. The van der Waals surface area contributed by atoms with Gasteiger partial charge in [-0.25, -0.2) is 0 Å². The maximum atomic E-state index is 12.0. The van der Waals surface area contributed by atoms with Crippen LogP contribution in [0.25, 0.3) is 0 Å². The molecular formula is C11H13ClN2OSn. The summed E-state index contributed by atoms with van der Waals surface area (Å²) in [7, 11) is 0. The molecule has 0 aliphatic heterocycles. The standard InChI is InChI=1S/C8H5ClN2O.3CH3.Sn/c9-7-3-1-6(2-4-7)8(12)11-5-10;;;;/h1-4H,(H,11,12);3*1H3;/q;;;;+1/p-1. The minimum atomic E-state index is -2.69. The molecule has 0 aromatic heterocycles. The van der Waals surface area contributed by atoms with Crippen molar-refractivity contribution in [1.29, 1.82) is 5.26 Å². The predicted molar refractivity (Wildman–Crippen MR) is 66.6 cm³/mol. The van der Waals surface area contributed by atoms with Gasteiger partial charge in [-0.2, -0.15) is 0 Å². The number of nitriles is 1. The van der Waals surface area contributed by atoms with E-state index < -0.39 is 18.7 Å². The van der Waals surface area contributed by atoms with Gasteiger partial charge in [0, 0.05) is 0 Å². The fourth-order valence-corrected chi connectivity index (χ4v) is 4.31. The summed E-state index contributed by atoms with van der Waals surface area (Å²) in [5.74, 6) is -0.220. The molecule has 0 spiro atoms. The number of benzene rings is 1. The molecule has 0 saturated heterocycles. The second-order valence-electron chi connectivity index (χ2n) is 4.42. The van der Waals surface area contributed by atoms with E-state index in [1.807, 2.05) is 21.0 Å². The third kappa shape index (κ3) is 3.13. The molecular weight excluding hydrogens is 330 g/mol. The number of carbonyl (C=O) groups excluding carboxylic acids is 1. The van der Waals surface area contributed by atoms with E-state index in [-0.39, 0.29) is 5.91 Å². The molecule has 0 unspecified atom stereocenters. The molecule has 1 aromatic carbocycles. The van der Waals surface area contributed by atoms with Crippen molar-refractivity contribution in [2.75, 3.05) is 0 Å². The van der Waals surface area contributed by atoms with Gasteiger partial charge >= 0.3 is 105 Å². The van der Waals surface area contributed by atoms with Crippen LogP contribution in [0.4, 0.5) is 0 Å². The molecule has 16 heavy (non-hydrogen) atoms. The molecule has 3 nitrogen and oxygen atoms in total. The Morgan fingerprint density at radius 2 is 1.81 bits per heavy atom. The molecule has 1 rings (SSSR count). The van der Waals surface area contributed by atoms with E-state index in [9.17, 15) is 4.79 Å². The first-order chi connectivity index (χ1) is 7.36. The van der Waals surface area contributed by atoms with Gasteiger partial charge in [-0.1, -0.05) is 0 Å². The number of hydrogen-bond acceptors (Lipinski definition) is 2. The third-order valence-corrected chi connectivity index (χ3v) is 7.01. The van der Waals surface area contributed by atoms with Crippen LogP contribution in [0.5, 0.6) is 0 Å². The second-order valence-corrected chi connectivity index (χ2v) is 18.5. The first kappa shape index (κ1) is 13.3. The van der Waals surface area contributed by atoms with E-state index in [0.29, 0.717) is 10.6 Å². The molecule has 0 radical (unpaired) electrons. The van der Waals surface area contributed by atoms with Gasteiger partial charge in [-0.3, -0.25) is 0 Å². The topological polar surface area (TPSA) is 44.1 Å². The van der Waals surface area contributed by atoms with E-state index in [2.05, 4.69) is 0 Å². The van der Waals surface area contributed by atoms with Crippen LogP contribution < -0.4 is 0 Å². The predicted octanol–water partition coefficient (Wildman–Crippen LogP) is 3.10. The Morgan fingerprint density at radius 3 is 2.19 bits per heavy atom. The molecule has 0 atom stereocenters. The number of nitrogens with zero attached hydrogens (tertiary/aromatic N) is 2. The molecule has 0 heterocycles. The molecule has 0 bridgehead atoms. The molecule has 0 aliphatic carbocycles. The average Bonchev–Trinajstić information content (AvgIpc) is 2.17. The molecule has 84 valence electrons. The van der Waals surface area contributed by atoms with Crippen LogP contribution in [0.1, 0.15) is 10.4 Å². The Kier molecular flexibility index (Phi) is 4.22. The van der Waals surface area contributed by atoms with E-state index in [1.54, 1.807) is 24.3 Å². The van der Waals surface area contributed by atoms with Gasteiger partial charge in [0.25, 0.3) is 0 Å². The number of carbonyl (C=O) groups is 1. The van der Waals surface area contributed by atoms with E-state index in [0.717, 1.165) is 0 Å². The molecule has 0 saturated carbocycles. The van der Waals surface area contributed by atoms with Gasteiger partial charge in [0.2, 0.25) is 0 Å². The normalized spacial score (nSPS) is 10.7. The number of amides is 1. The van der Waals surface area contributed by atoms with Crippen LogP contribution in [-0.2, 0) is 0 Å². The van der Waals surface area contributed by atoms with Gasteiger partial charge in [0.15, 0.2) is 0 Å². The zero-order valence-corrected chi connectivity index (χ0v) is 13.1.